The lowest BCUT2D eigenvalue weighted by atomic mass is 9.91. The van der Waals surface area contributed by atoms with E-state index >= 15 is 0 Å². The Morgan fingerprint density at radius 3 is 2.68 bits per heavy atom. The van der Waals surface area contributed by atoms with Crippen LogP contribution in [0, 0.1) is 5.82 Å². The van der Waals surface area contributed by atoms with Gasteiger partial charge in [0.2, 0.25) is 5.91 Å². The van der Waals surface area contributed by atoms with Gasteiger partial charge in [-0.2, -0.15) is 0 Å². The number of thiophene rings is 1. The van der Waals surface area contributed by atoms with E-state index in [1.807, 2.05) is 4.72 Å². The Hall–Kier alpha value is -3.77. The van der Waals surface area contributed by atoms with Crippen LogP contribution in [0.5, 0.6) is 0 Å². The second kappa shape index (κ2) is 8.22. The molecular formula is C22H17FN4O5S2. The average molecular weight is 501 g/mol. The van der Waals surface area contributed by atoms with Crippen LogP contribution < -0.4 is 20.3 Å². The van der Waals surface area contributed by atoms with Crippen LogP contribution in [0.2, 0.25) is 0 Å². The first-order chi connectivity index (χ1) is 16.2. The second-order valence-electron chi connectivity index (χ2n) is 7.66. The molecule has 2 aliphatic rings. The Balaban J connectivity index is 1.36. The number of imide groups is 1. The van der Waals surface area contributed by atoms with Gasteiger partial charge in [0, 0.05) is 23.5 Å². The third kappa shape index (κ3) is 3.80. The molecule has 0 saturated carbocycles. The van der Waals surface area contributed by atoms with E-state index in [1.54, 1.807) is 17.5 Å². The lowest BCUT2D eigenvalue weighted by Gasteiger charge is -2.28. The summed E-state index contributed by atoms with van der Waals surface area (Å²) < 4.78 is 41.0. The van der Waals surface area contributed by atoms with E-state index in [0.29, 0.717) is 17.5 Å². The maximum Gasteiger partial charge on any atom is 0.333 e. The van der Waals surface area contributed by atoms with Gasteiger partial charge >= 0.3 is 6.03 Å². The number of amides is 4. The van der Waals surface area contributed by atoms with E-state index in [2.05, 4.69) is 10.6 Å². The summed E-state index contributed by atoms with van der Waals surface area (Å²) in [6.45, 7) is 0.725. The van der Waals surface area contributed by atoms with Crippen molar-refractivity contribution in [2.75, 3.05) is 22.1 Å². The quantitative estimate of drug-likeness (QED) is 0.473. The Morgan fingerprint density at radius 1 is 1.12 bits per heavy atom. The zero-order valence-electron chi connectivity index (χ0n) is 17.4. The summed E-state index contributed by atoms with van der Waals surface area (Å²) in [5.41, 5.74) is 2.53. The molecule has 4 amide bonds. The minimum absolute atomic E-state index is 0.0334. The Labute approximate surface area is 197 Å². The monoisotopic (exact) mass is 500 g/mol. The lowest BCUT2D eigenvalue weighted by molar-refractivity contribution is -0.117. The van der Waals surface area contributed by atoms with Crippen LogP contribution in [0.25, 0.3) is 0 Å². The molecule has 1 aromatic heterocycles. The molecule has 0 unspecified atom stereocenters. The zero-order valence-corrected chi connectivity index (χ0v) is 19.1. The first-order valence-corrected chi connectivity index (χ1v) is 12.5. The topological polar surface area (TPSA) is 125 Å². The normalized spacial score (nSPS) is 14.9. The zero-order chi connectivity index (χ0) is 24.0. The van der Waals surface area contributed by atoms with Gasteiger partial charge in [0.15, 0.2) is 0 Å². The largest absolute Gasteiger partial charge is 0.384 e. The summed E-state index contributed by atoms with van der Waals surface area (Å²) >= 11 is 0.937. The van der Waals surface area contributed by atoms with Gasteiger partial charge in [-0.05, 0) is 59.3 Å². The summed E-state index contributed by atoms with van der Waals surface area (Å²) in [5, 5.41) is 6.99. The molecule has 12 heteroatoms. The number of halogens is 1. The first kappa shape index (κ1) is 22.0. The smallest absolute Gasteiger partial charge is 0.333 e. The SMILES string of the molecule is O=C(Nc1ccc(N2C(=O)Cc3c(ccc4c3CCN4)C2=O)c(F)c1)NS(=O)(=O)c1cccs1. The van der Waals surface area contributed by atoms with Crippen molar-refractivity contribution in [3.63, 3.8) is 0 Å². The molecule has 0 fully saturated rings. The summed E-state index contributed by atoms with van der Waals surface area (Å²) in [6.07, 6.45) is 0.673. The molecule has 0 aliphatic carbocycles. The van der Waals surface area contributed by atoms with E-state index in [9.17, 15) is 27.2 Å². The molecular weight excluding hydrogens is 483 g/mol. The number of carbonyl (C=O) groups is 3. The highest BCUT2D eigenvalue weighted by Gasteiger charge is 2.36. The van der Waals surface area contributed by atoms with Crippen LogP contribution in [-0.2, 0) is 27.7 Å². The number of benzene rings is 2. The average Bonchev–Trinajstić information content (AvgIpc) is 3.47. The molecule has 3 heterocycles. The van der Waals surface area contributed by atoms with Crippen molar-refractivity contribution in [1.82, 2.24) is 4.72 Å². The number of rotatable bonds is 4. The molecule has 0 spiro atoms. The number of nitrogens with zero attached hydrogens (tertiary/aromatic N) is 1. The maximum atomic E-state index is 14.9. The summed E-state index contributed by atoms with van der Waals surface area (Å²) in [4.78, 5) is 38.8. The molecule has 0 saturated heterocycles. The number of carbonyl (C=O) groups excluding carboxylic acids is 3. The van der Waals surface area contributed by atoms with Crippen LogP contribution >= 0.6 is 11.3 Å². The van der Waals surface area contributed by atoms with E-state index < -0.39 is 33.7 Å². The molecule has 0 radical (unpaired) electrons. The van der Waals surface area contributed by atoms with E-state index in [-0.39, 0.29) is 22.0 Å². The van der Waals surface area contributed by atoms with Crippen molar-refractivity contribution in [2.24, 2.45) is 0 Å². The molecule has 34 heavy (non-hydrogen) atoms. The fraction of sp³-hybridized carbons (Fsp3) is 0.136. The molecule has 3 N–H and O–H groups in total. The fourth-order valence-electron chi connectivity index (χ4n) is 4.09. The van der Waals surface area contributed by atoms with Gasteiger partial charge in [0.1, 0.15) is 10.0 Å². The highest BCUT2D eigenvalue weighted by molar-refractivity contribution is 7.92. The summed E-state index contributed by atoms with van der Waals surface area (Å²) in [5.74, 6) is -2.11. The predicted octanol–water partition coefficient (Wildman–Crippen LogP) is 3.10. The highest BCUT2D eigenvalue weighted by Crippen LogP contribution is 2.35. The maximum absolute atomic E-state index is 14.9. The van der Waals surface area contributed by atoms with Crippen molar-refractivity contribution < 1.29 is 27.2 Å². The molecule has 3 aromatic rings. The van der Waals surface area contributed by atoms with E-state index in [0.717, 1.165) is 40.1 Å². The van der Waals surface area contributed by atoms with Crippen LogP contribution in [0.15, 0.2) is 52.1 Å². The van der Waals surface area contributed by atoms with E-state index in [4.69, 9.17) is 0 Å². The van der Waals surface area contributed by atoms with Crippen LogP contribution in [0.1, 0.15) is 21.5 Å². The minimum Gasteiger partial charge on any atom is -0.384 e. The van der Waals surface area contributed by atoms with Gasteiger partial charge in [0.25, 0.3) is 15.9 Å². The highest BCUT2D eigenvalue weighted by atomic mass is 32.2. The number of nitrogens with one attached hydrogen (secondary N) is 3. The second-order valence-corrected chi connectivity index (χ2v) is 10.5. The Kier molecular flexibility index (Phi) is 5.33. The van der Waals surface area contributed by atoms with Crippen molar-refractivity contribution in [3.05, 3.63) is 70.4 Å². The fourth-order valence-corrected chi connectivity index (χ4v) is 5.99. The number of hydrogen-bond acceptors (Lipinski definition) is 7. The number of urea groups is 1. The van der Waals surface area contributed by atoms with Crippen LogP contribution in [-0.4, -0.2) is 32.8 Å². The van der Waals surface area contributed by atoms with Gasteiger partial charge in [-0.1, -0.05) is 6.07 Å². The van der Waals surface area contributed by atoms with Gasteiger partial charge < -0.3 is 10.6 Å². The molecule has 2 aromatic carbocycles. The van der Waals surface area contributed by atoms with E-state index in [1.165, 1.54) is 24.3 Å². The van der Waals surface area contributed by atoms with Gasteiger partial charge in [-0.25, -0.2) is 27.2 Å². The lowest BCUT2D eigenvalue weighted by Crippen LogP contribution is -2.43. The third-order valence-corrected chi connectivity index (χ3v) is 8.29. The number of anilines is 3. The standard InChI is InChI=1S/C22H17FN4O5S2/c23-16-10-12(25-22(30)26-34(31,32)20-2-1-9-33-20)3-6-18(16)27-19(28)11-15-13-7-8-24-17(13)5-4-14(15)21(27)29/h1-6,9-10,24H,7-8,11H2,(H2,25,26,30). The first-order valence-electron chi connectivity index (χ1n) is 10.2. The molecule has 0 bridgehead atoms. The summed E-state index contributed by atoms with van der Waals surface area (Å²) in [7, 11) is -4.06. The molecule has 174 valence electrons. The van der Waals surface area contributed by atoms with Crippen molar-refractivity contribution >= 4 is 56.3 Å². The molecule has 5 rings (SSSR count). The third-order valence-electron chi connectivity index (χ3n) is 5.57. The van der Waals surface area contributed by atoms with Crippen molar-refractivity contribution in [3.8, 4) is 0 Å². The Morgan fingerprint density at radius 2 is 1.94 bits per heavy atom. The van der Waals surface area contributed by atoms with Crippen LogP contribution in [0.4, 0.5) is 26.2 Å². The molecule has 9 nitrogen and oxygen atoms in total. The molecule has 0 atom stereocenters. The molecule has 2 aliphatic heterocycles. The number of sulfonamides is 1. The van der Waals surface area contributed by atoms with Crippen molar-refractivity contribution in [2.45, 2.75) is 17.1 Å². The van der Waals surface area contributed by atoms with Gasteiger partial charge in [-0.15, -0.1) is 11.3 Å². The number of hydrogen-bond donors (Lipinski definition) is 3. The summed E-state index contributed by atoms with van der Waals surface area (Å²) in [6, 6.07) is 8.56. The van der Waals surface area contributed by atoms with Crippen molar-refractivity contribution in [1.29, 1.82) is 0 Å². The Bertz CT molecular complexity index is 1450. The van der Waals surface area contributed by atoms with Crippen LogP contribution in [0.3, 0.4) is 0 Å². The predicted molar refractivity (Wildman–Crippen MR) is 124 cm³/mol. The number of fused-ring (bicyclic) bond motifs is 3. The minimum atomic E-state index is -4.06. The van der Waals surface area contributed by atoms with Gasteiger partial charge in [-0.3, -0.25) is 9.59 Å². The van der Waals surface area contributed by atoms with Gasteiger partial charge in [0.05, 0.1) is 12.1 Å².